The Hall–Kier alpha value is -2.18. The van der Waals surface area contributed by atoms with E-state index < -0.39 is 0 Å². The first kappa shape index (κ1) is 15.7. The molecule has 120 valence electrons. The summed E-state index contributed by atoms with van der Waals surface area (Å²) in [5.41, 5.74) is 2.25. The fraction of sp³-hybridized carbons (Fsp3) is 0.294. The van der Waals surface area contributed by atoms with E-state index in [1.165, 1.54) is 0 Å². The van der Waals surface area contributed by atoms with Gasteiger partial charge >= 0.3 is 0 Å². The molecular weight excluding hydrogens is 310 g/mol. The molecule has 0 fully saturated rings. The van der Waals surface area contributed by atoms with Crippen LogP contribution >= 0.6 is 11.3 Å². The topological polar surface area (TPSA) is 56.3 Å². The first-order valence-corrected chi connectivity index (χ1v) is 8.23. The molecule has 1 aromatic carbocycles. The van der Waals surface area contributed by atoms with Crippen molar-refractivity contribution in [2.45, 2.75) is 13.0 Å². The number of hydrogen-bond acceptors (Lipinski definition) is 6. The molecule has 1 atom stereocenters. The molecule has 2 aromatic heterocycles. The Labute approximate surface area is 139 Å². The van der Waals surface area contributed by atoms with Crippen molar-refractivity contribution in [1.29, 1.82) is 0 Å². The molecule has 0 saturated heterocycles. The first-order valence-electron chi connectivity index (χ1n) is 7.35. The second-order valence-corrected chi connectivity index (χ2v) is 6.14. The number of methoxy groups -OCH3 is 2. The molecule has 0 spiro atoms. The number of nitrogens with one attached hydrogen (secondary N) is 1. The molecule has 3 rings (SSSR count). The molecule has 0 unspecified atom stereocenters. The van der Waals surface area contributed by atoms with Gasteiger partial charge in [0.1, 0.15) is 22.7 Å². The highest BCUT2D eigenvalue weighted by Crippen LogP contribution is 2.37. The van der Waals surface area contributed by atoms with Crippen molar-refractivity contribution in [2.75, 3.05) is 26.1 Å². The number of fused-ring (bicyclic) bond motifs is 1. The van der Waals surface area contributed by atoms with Gasteiger partial charge in [-0.1, -0.05) is 12.1 Å². The molecule has 6 heteroatoms. The van der Waals surface area contributed by atoms with Crippen molar-refractivity contribution < 1.29 is 9.47 Å². The molecular formula is C17H19N3O2S. The van der Waals surface area contributed by atoms with Crippen molar-refractivity contribution in [3.8, 4) is 16.9 Å². The zero-order valence-electron chi connectivity index (χ0n) is 13.4. The Bertz CT molecular complexity index is 786. The molecule has 23 heavy (non-hydrogen) atoms. The van der Waals surface area contributed by atoms with Gasteiger partial charge in [0, 0.05) is 24.1 Å². The van der Waals surface area contributed by atoms with Gasteiger partial charge in [-0.25, -0.2) is 9.97 Å². The third-order valence-corrected chi connectivity index (χ3v) is 4.46. The Balaban J connectivity index is 2.03. The standard InChI is InChI=1S/C17H19N3O2S/c1-11(8-21-2)20-16-15-14(9-23-17(15)19-10-18-16)12-4-6-13(22-3)7-5-12/h4-7,9-11H,8H2,1-3H3,(H,18,19,20)/t11-/m0/s1. The number of aromatic nitrogens is 2. The summed E-state index contributed by atoms with van der Waals surface area (Å²) >= 11 is 1.62. The summed E-state index contributed by atoms with van der Waals surface area (Å²) in [4.78, 5) is 9.78. The normalized spacial score (nSPS) is 12.3. The van der Waals surface area contributed by atoms with Gasteiger partial charge in [0.25, 0.3) is 0 Å². The maximum Gasteiger partial charge on any atom is 0.139 e. The van der Waals surface area contributed by atoms with E-state index in [0.717, 1.165) is 32.9 Å². The Morgan fingerprint density at radius 3 is 2.65 bits per heavy atom. The van der Waals surface area contributed by atoms with Crippen LogP contribution in [0.2, 0.25) is 0 Å². The van der Waals surface area contributed by atoms with E-state index in [4.69, 9.17) is 9.47 Å². The molecule has 2 heterocycles. The molecule has 5 nitrogen and oxygen atoms in total. The SMILES string of the molecule is COC[C@H](C)Nc1ncnc2scc(-c3ccc(OC)cc3)c12. The lowest BCUT2D eigenvalue weighted by Gasteiger charge is -2.14. The molecule has 0 amide bonds. The Morgan fingerprint density at radius 1 is 1.17 bits per heavy atom. The van der Waals surface area contributed by atoms with Crippen LogP contribution in [-0.2, 0) is 4.74 Å². The van der Waals surface area contributed by atoms with Crippen molar-refractivity contribution in [3.63, 3.8) is 0 Å². The molecule has 0 saturated carbocycles. The van der Waals surface area contributed by atoms with Gasteiger partial charge in [-0.15, -0.1) is 11.3 Å². The summed E-state index contributed by atoms with van der Waals surface area (Å²) in [7, 11) is 3.36. The lowest BCUT2D eigenvalue weighted by molar-refractivity contribution is 0.190. The fourth-order valence-electron chi connectivity index (χ4n) is 2.49. The van der Waals surface area contributed by atoms with Gasteiger partial charge in [0.15, 0.2) is 0 Å². The van der Waals surface area contributed by atoms with Crippen LogP contribution in [0.5, 0.6) is 5.75 Å². The van der Waals surface area contributed by atoms with Gasteiger partial charge < -0.3 is 14.8 Å². The zero-order chi connectivity index (χ0) is 16.2. The third kappa shape index (κ3) is 3.28. The summed E-state index contributed by atoms with van der Waals surface area (Å²) in [6.45, 7) is 2.68. The molecule has 0 aliphatic rings. The quantitative estimate of drug-likeness (QED) is 0.745. The van der Waals surface area contributed by atoms with Gasteiger partial charge in [-0.2, -0.15) is 0 Å². The number of anilines is 1. The highest BCUT2D eigenvalue weighted by atomic mass is 32.1. The number of hydrogen-bond donors (Lipinski definition) is 1. The summed E-state index contributed by atoms with van der Waals surface area (Å²) in [6, 6.07) is 8.19. The van der Waals surface area contributed by atoms with Crippen LogP contribution in [0.1, 0.15) is 6.92 Å². The molecule has 0 bridgehead atoms. The molecule has 3 aromatic rings. The summed E-state index contributed by atoms with van der Waals surface area (Å²) in [5, 5.41) is 6.58. The molecule has 1 N–H and O–H groups in total. The summed E-state index contributed by atoms with van der Waals surface area (Å²) in [6.07, 6.45) is 1.60. The van der Waals surface area contributed by atoms with E-state index >= 15 is 0 Å². The van der Waals surface area contributed by atoms with Crippen molar-refractivity contribution in [1.82, 2.24) is 9.97 Å². The van der Waals surface area contributed by atoms with Gasteiger partial charge in [0.05, 0.1) is 19.1 Å². The third-order valence-electron chi connectivity index (χ3n) is 3.57. The Morgan fingerprint density at radius 2 is 1.96 bits per heavy atom. The predicted octanol–water partition coefficient (Wildman–Crippen LogP) is 3.81. The van der Waals surface area contributed by atoms with E-state index in [1.807, 2.05) is 12.1 Å². The van der Waals surface area contributed by atoms with Gasteiger partial charge in [-0.05, 0) is 24.6 Å². The maximum atomic E-state index is 5.23. The largest absolute Gasteiger partial charge is 0.497 e. The Kier molecular flexibility index (Phi) is 4.73. The minimum atomic E-state index is 0.168. The number of nitrogens with zero attached hydrogens (tertiary/aromatic N) is 2. The summed E-state index contributed by atoms with van der Waals surface area (Å²) < 4.78 is 10.4. The lowest BCUT2D eigenvalue weighted by atomic mass is 10.1. The number of benzene rings is 1. The van der Waals surface area contributed by atoms with Crippen molar-refractivity contribution in [2.24, 2.45) is 0 Å². The van der Waals surface area contributed by atoms with Gasteiger partial charge in [-0.3, -0.25) is 0 Å². The highest BCUT2D eigenvalue weighted by molar-refractivity contribution is 7.17. The second kappa shape index (κ2) is 6.93. The summed E-state index contributed by atoms with van der Waals surface area (Å²) in [5.74, 6) is 1.68. The molecule has 0 aliphatic heterocycles. The minimum absolute atomic E-state index is 0.168. The second-order valence-electron chi connectivity index (χ2n) is 5.28. The lowest BCUT2D eigenvalue weighted by Crippen LogP contribution is -2.21. The maximum absolute atomic E-state index is 5.23. The van der Waals surface area contributed by atoms with Gasteiger partial charge in [0.2, 0.25) is 0 Å². The first-order chi connectivity index (χ1) is 11.2. The average Bonchev–Trinajstić information content (AvgIpc) is 3.00. The van der Waals surface area contributed by atoms with E-state index in [1.54, 1.807) is 31.9 Å². The van der Waals surface area contributed by atoms with Crippen molar-refractivity contribution >= 4 is 27.4 Å². The van der Waals surface area contributed by atoms with E-state index in [-0.39, 0.29) is 6.04 Å². The number of rotatable bonds is 6. The van der Waals surface area contributed by atoms with E-state index in [0.29, 0.717) is 6.61 Å². The smallest absolute Gasteiger partial charge is 0.139 e. The van der Waals surface area contributed by atoms with E-state index in [9.17, 15) is 0 Å². The number of ether oxygens (including phenoxy) is 2. The van der Waals surface area contributed by atoms with Crippen molar-refractivity contribution in [3.05, 3.63) is 36.0 Å². The van der Waals surface area contributed by atoms with Crippen LogP contribution in [-0.4, -0.2) is 36.8 Å². The minimum Gasteiger partial charge on any atom is -0.497 e. The zero-order valence-corrected chi connectivity index (χ0v) is 14.2. The van der Waals surface area contributed by atoms with Crippen LogP contribution in [0.15, 0.2) is 36.0 Å². The molecule has 0 radical (unpaired) electrons. The number of thiophene rings is 1. The average molecular weight is 329 g/mol. The van der Waals surface area contributed by atoms with Crippen LogP contribution < -0.4 is 10.1 Å². The molecule has 0 aliphatic carbocycles. The highest BCUT2D eigenvalue weighted by Gasteiger charge is 2.14. The fourth-order valence-corrected chi connectivity index (χ4v) is 3.41. The van der Waals surface area contributed by atoms with Crippen LogP contribution in [0.4, 0.5) is 5.82 Å². The van der Waals surface area contributed by atoms with Crippen LogP contribution in [0.3, 0.4) is 0 Å². The van der Waals surface area contributed by atoms with Crippen LogP contribution in [0.25, 0.3) is 21.3 Å². The monoisotopic (exact) mass is 329 g/mol. The predicted molar refractivity (Wildman–Crippen MR) is 94.4 cm³/mol. The van der Waals surface area contributed by atoms with Crippen LogP contribution in [0, 0.1) is 0 Å². The van der Waals surface area contributed by atoms with E-state index in [2.05, 4.69) is 39.7 Å².